The zero-order chi connectivity index (χ0) is 31.7. The van der Waals surface area contributed by atoms with Gasteiger partial charge in [0, 0.05) is 5.41 Å². The van der Waals surface area contributed by atoms with E-state index in [2.05, 4.69) is 173 Å². The molecule has 1 unspecified atom stereocenters. The maximum Gasteiger partial charge on any atom is 0.0148 e. The van der Waals surface area contributed by atoms with Crippen LogP contribution in [-0.2, 0) is 5.41 Å². The standard InChI is InChI=1S/C46H40/c1-5-7-8-16-33-22-24-34(25-23-33)42-30-43-40-19-11-12-20-41(40)45(31-44(43)39-18-10-9-17-38(39)42)46(4)28-26-35(27-29-46)37-21-13-15-32(3)36(37)14-6-2/h5-28,30-31H,29H2,1-4H3/b7-5-,14-6-,16-8-. The van der Waals surface area contributed by atoms with Crippen molar-refractivity contribution >= 4 is 50.0 Å². The molecule has 0 spiro atoms. The van der Waals surface area contributed by atoms with Crippen LogP contribution in [0.5, 0.6) is 0 Å². The summed E-state index contributed by atoms with van der Waals surface area (Å²) in [6.45, 7) is 8.73. The number of rotatable bonds is 6. The van der Waals surface area contributed by atoms with Crippen molar-refractivity contribution in [2.24, 2.45) is 0 Å². The van der Waals surface area contributed by atoms with E-state index < -0.39 is 0 Å². The molecule has 1 atom stereocenters. The van der Waals surface area contributed by atoms with Gasteiger partial charge in [0.05, 0.1) is 0 Å². The lowest BCUT2D eigenvalue weighted by molar-refractivity contribution is 0.607. The number of aryl methyl sites for hydroxylation is 1. The monoisotopic (exact) mass is 592 g/mol. The van der Waals surface area contributed by atoms with Gasteiger partial charge in [-0.25, -0.2) is 0 Å². The van der Waals surface area contributed by atoms with Crippen LogP contribution in [0.1, 0.15) is 55.0 Å². The first-order valence-electron chi connectivity index (χ1n) is 16.4. The average molecular weight is 593 g/mol. The highest BCUT2D eigenvalue weighted by molar-refractivity contribution is 6.21. The molecule has 0 aliphatic heterocycles. The molecule has 6 aromatic rings. The van der Waals surface area contributed by atoms with E-state index in [1.165, 1.54) is 76.8 Å². The lowest BCUT2D eigenvalue weighted by Gasteiger charge is -2.31. The molecule has 224 valence electrons. The van der Waals surface area contributed by atoms with Gasteiger partial charge < -0.3 is 0 Å². The average Bonchev–Trinajstić information content (AvgIpc) is 3.09. The molecule has 0 bridgehead atoms. The Balaban J connectivity index is 1.38. The molecule has 6 aromatic carbocycles. The molecule has 1 aliphatic carbocycles. The molecule has 0 heterocycles. The molecular formula is C46H40. The van der Waals surface area contributed by atoms with Crippen LogP contribution in [0, 0.1) is 6.92 Å². The van der Waals surface area contributed by atoms with Crippen LogP contribution in [0.25, 0.3) is 61.2 Å². The van der Waals surface area contributed by atoms with Crippen molar-refractivity contribution in [1.82, 2.24) is 0 Å². The van der Waals surface area contributed by atoms with Gasteiger partial charge in [0.1, 0.15) is 0 Å². The fraction of sp³-hybridized carbons (Fsp3) is 0.130. The van der Waals surface area contributed by atoms with Crippen LogP contribution in [0.15, 0.2) is 146 Å². The summed E-state index contributed by atoms with van der Waals surface area (Å²) in [7, 11) is 0. The summed E-state index contributed by atoms with van der Waals surface area (Å²) >= 11 is 0. The van der Waals surface area contributed by atoms with E-state index in [1.54, 1.807) is 0 Å². The number of hydrogen-bond donors (Lipinski definition) is 0. The van der Waals surface area contributed by atoms with Crippen molar-refractivity contribution in [3.05, 3.63) is 173 Å². The first kappa shape index (κ1) is 29.5. The highest BCUT2D eigenvalue weighted by atomic mass is 14.3. The van der Waals surface area contributed by atoms with Gasteiger partial charge in [-0.15, -0.1) is 0 Å². The summed E-state index contributed by atoms with van der Waals surface area (Å²) in [5, 5.41) is 7.85. The predicted octanol–water partition coefficient (Wildman–Crippen LogP) is 13.0. The summed E-state index contributed by atoms with van der Waals surface area (Å²) in [6.07, 6.45) is 20.9. The third-order valence-corrected chi connectivity index (χ3v) is 9.66. The molecule has 0 heteroatoms. The molecule has 0 nitrogen and oxygen atoms in total. The molecule has 0 aromatic heterocycles. The van der Waals surface area contributed by atoms with E-state index in [4.69, 9.17) is 0 Å². The Morgan fingerprint density at radius 1 is 0.609 bits per heavy atom. The van der Waals surface area contributed by atoms with E-state index in [1.807, 2.05) is 13.0 Å². The Hall–Kier alpha value is -5.20. The molecule has 1 aliphatic rings. The molecule has 0 radical (unpaired) electrons. The second-order valence-corrected chi connectivity index (χ2v) is 12.7. The van der Waals surface area contributed by atoms with Crippen molar-refractivity contribution < 1.29 is 0 Å². The summed E-state index contributed by atoms with van der Waals surface area (Å²) in [5.41, 5.74) is 10.2. The van der Waals surface area contributed by atoms with Gasteiger partial charge in [0.25, 0.3) is 0 Å². The topological polar surface area (TPSA) is 0 Å². The van der Waals surface area contributed by atoms with Gasteiger partial charge in [0.2, 0.25) is 0 Å². The highest BCUT2D eigenvalue weighted by Crippen LogP contribution is 2.45. The Morgan fingerprint density at radius 3 is 2.00 bits per heavy atom. The lowest BCUT2D eigenvalue weighted by Crippen LogP contribution is -2.21. The lowest BCUT2D eigenvalue weighted by atomic mass is 9.72. The van der Waals surface area contributed by atoms with Gasteiger partial charge in [-0.3, -0.25) is 0 Å². The smallest absolute Gasteiger partial charge is 0.0148 e. The Morgan fingerprint density at radius 2 is 1.30 bits per heavy atom. The van der Waals surface area contributed by atoms with Crippen molar-refractivity contribution in [3.8, 4) is 11.1 Å². The van der Waals surface area contributed by atoms with Gasteiger partial charge in [0.15, 0.2) is 0 Å². The van der Waals surface area contributed by atoms with Crippen LogP contribution >= 0.6 is 0 Å². The summed E-state index contributed by atoms with van der Waals surface area (Å²) < 4.78 is 0. The molecule has 0 saturated carbocycles. The minimum atomic E-state index is -0.127. The molecule has 0 N–H and O–H groups in total. The third kappa shape index (κ3) is 5.25. The second kappa shape index (κ2) is 12.3. The zero-order valence-corrected chi connectivity index (χ0v) is 27.2. The third-order valence-electron chi connectivity index (χ3n) is 9.66. The summed E-state index contributed by atoms with van der Waals surface area (Å²) in [6, 6.07) is 38.4. The van der Waals surface area contributed by atoms with Crippen molar-refractivity contribution in [3.63, 3.8) is 0 Å². The van der Waals surface area contributed by atoms with Crippen LogP contribution < -0.4 is 0 Å². The minimum absolute atomic E-state index is 0.127. The van der Waals surface area contributed by atoms with Crippen LogP contribution in [0.4, 0.5) is 0 Å². The minimum Gasteiger partial charge on any atom is -0.0877 e. The molecule has 7 rings (SSSR count). The number of allylic oxidation sites excluding steroid dienone is 8. The Labute approximate surface area is 273 Å². The molecular weight excluding hydrogens is 553 g/mol. The van der Waals surface area contributed by atoms with Gasteiger partial charge in [-0.1, -0.05) is 153 Å². The van der Waals surface area contributed by atoms with Crippen LogP contribution in [0.2, 0.25) is 0 Å². The van der Waals surface area contributed by atoms with Crippen molar-refractivity contribution in [2.45, 2.75) is 39.5 Å². The molecule has 0 saturated heterocycles. The quantitative estimate of drug-likeness (QED) is 0.133. The van der Waals surface area contributed by atoms with E-state index in [0.29, 0.717) is 0 Å². The molecule has 46 heavy (non-hydrogen) atoms. The van der Waals surface area contributed by atoms with Crippen molar-refractivity contribution in [2.75, 3.05) is 0 Å². The van der Waals surface area contributed by atoms with E-state index in [-0.39, 0.29) is 5.41 Å². The van der Waals surface area contributed by atoms with E-state index >= 15 is 0 Å². The number of hydrogen-bond acceptors (Lipinski definition) is 0. The number of fused-ring (bicyclic) bond motifs is 5. The Bertz CT molecular complexity index is 2250. The highest BCUT2D eigenvalue weighted by Gasteiger charge is 2.29. The maximum atomic E-state index is 2.49. The molecule has 0 amide bonds. The predicted molar refractivity (Wildman–Crippen MR) is 203 cm³/mol. The zero-order valence-electron chi connectivity index (χ0n) is 27.2. The van der Waals surface area contributed by atoms with Crippen molar-refractivity contribution in [1.29, 1.82) is 0 Å². The first-order chi connectivity index (χ1) is 22.5. The van der Waals surface area contributed by atoms with E-state index in [9.17, 15) is 0 Å². The maximum absolute atomic E-state index is 2.49. The normalized spacial score (nSPS) is 16.9. The van der Waals surface area contributed by atoms with Gasteiger partial charge >= 0.3 is 0 Å². The fourth-order valence-electron chi connectivity index (χ4n) is 7.17. The first-order valence-corrected chi connectivity index (χ1v) is 16.4. The van der Waals surface area contributed by atoms with Gasteiger partial charge in [-0.2, -0.15) is 0 Å². The van der Waals surface area contributed by atoms with E-state index in [0.717, 1.165) is 6.42 Å². The second-order valence-electron chi connectivity index (χ2n) is 12.7. The summed E-state index contributed by atoms with van der Waals surface area (Å²) in [4.78, 5) is 0. The van der Waals surface area contributed by atoms with Crippen LogP contribution in [0.3, 0.4) is 0 Å². The van der Waals surface area contributed by atoms with Crippen LogP contribution in [-0.4, -0.2) is 0 Å². The Kier molecular flexibility index (Phi) is 7.89. The van der Waals surface area contributed by atoms with Gasteiger partial charge in [-0.05, 0) is 116 Å². The SMILES string of the molecule is C/C=C\C=C/c1ccc(-c2cc3c4ccccc4c(C4(C)C=CC(c5cccc(C)c5/C=C\C)=CC4)cc3c3ccccc23)cc1. The number of benzene rings is 6. The largest absolute Gasteiger partial charge is 0.0877 e. The fourth-order valence-corrected chi connectivity index (χ4v) is 7.17. The molecule has 0 fully saturated rings. The summed E-state index contributed by atoms with van der Waals surface area (Å²) in [5.74, 6) is 0.